The normalized spacial score (nSPS) is 28.9. The van der Waals surface area contributed by atoms with E-state index in [0.717, 1.165) is 5.56 Å². The van der Waals surface area contributed by atoms with Crippen LogP contribution in [0.5, 0.6) is 0 Å². The lowest BCUT2D eigenvalue weighted by molar-refractivity contribution is -0.165. The van der Waals surface area contributed by atoms with E-state index < -0.39 is 11.4 Å². The molecule has 2 rings (SSSR count). The fourth-order valence-corrected chi connectivity index (χ4v) is 1.81. The number of benzene rings is 1. The van der Waals surface area contributed by atoms with Gasteiger partial charge >= 0.3 is 5.97 Å². The lowest BCUT2D eigenvalue weighted by Gasteiger charge is -2.22. The van der Waals surface area contributed by atoms with Crippen molar-refractivity contribution in [3.8, 4) is 0 Å². The molecule has 1 fully saturated rings. The second-order valence-corrected chi connectivity index (χ2v) is 4.29. The summed E-state index contributed by atoms with van der Waals surface area (Å²) < 4.78 is 10.8. The number of cyclic esters (lactones) is 1. The molecule has 1 atom stereocenters. The number of rotatable bonds is 1. The van der Waals surface area contributed by atoms with Gasteiger partial charge in [0.2, 0.25) is 5.79 Å². The first-order valence-corrected chi connectivity index (χ1v) is 4.93. The number of esters is 1. The fraction of sp³-hybridized carbons (Fsp3) is 0.417. The van der Waals surface area contributed by atoms with Gasteiger partial charge in [-0.25, -0.2) is 4.79 Å². The summed E-state index contributed by atoms with van der Waals surface area (Å²) in [5.41, 5.74) is -0.161. The molecule has 1 aliphatic rings. The van der Waals surface area contributed by atoms with Crippen molar-refractivity contribution >= 4 is 5.97 Å². The first-order chi connectivity index (χ1) is 6.94. The van der Waals surface area contributed by atoms with E-state index in [2.05, 4.69) is 0 Å². The second kappa shape index (κ2) is 3.07. The molecule has 0 saturated carbocycles. The van der Waals surface area contributed by atoms with Crippen molar-refractivity contribution in [3.63, 3.8) is 0 Å². The maximum Gasteiger partial charge on any atom is 0.345 e. The third-order valence-corrected chi connectivity index (χ3v) is 2.50. The summed E-state index contributed by atoms with van der Waals surface area (Å²) in [5.74, 6) is -1.18. The Balaban J connectivity index is 2.41. The molecule has 0 spiro atoms. The van der Waals surface area contributed by atoms with Gasteiger partial charge in [0.25, 0.3) is 0 Å². The number of carbonyl (C=O) groups is 1. The van der Waals surface area contributed by atoms with Crippen molar-refractivity contribution < 1.29 is 14.3 Å². The van der Waals surface area contributed by atoms with E-state index in [0.29, 0.717) is 0 Å². The molecular weight excluding hydrogens is 192 g/mol. The highest BCUT2D eigenvalue weighted by Crippen LogP contribution is 2.39. The topological polar surface area (TPSA) is 35.5 Å². The van der Waals surface area contributed by atoms with E-state index in [9.17, 15) is 4.79 Å². The molecular formula is C12H14O3. The predicted molar refractivity (Wildman–Crippen MR) is 55.1 cm³/mol. The minimum Gasteiger partial charge on any atom is -0.431 e. The summed E-state index contributed by atoms with van der Waals surface area (Å²) in [6.45, 7) is 5.21. The van der Waals surface area contributed by atoms with Crippen LogP contribution in [0.4, 0.5) is 0 Å². The SMILES string of the molecule is CC1(C)OC(=O)C(C)(c2ccccc2)O1. The third-order valence-electron chi connectivity index (χ3n) is 2.50. The number of ether oxygens (including phenoxy) is 2. The molecule has 0 aromatic heterocycles. The van der Waals surface area contributed by atoms with E-state index in [-0.39, 0.29) is 5.97 Å². The minimum atomic E-state index is -0.981. The Hall–Kier alpha value is -1.35. The first kappa shape index (κ1) is 10.2. The van der Waals surface area contributed by atoms with Crippen molar-refractivity contribution in [2.75, 3.05) is 0 Å². The Morgan fingerprint density at radius 3 is 2.13 bits per heavy atom. The second-order valence-electron chi connectivity index (χ2n) is 4.29. The van der Waals surface area contributed by atoms with Gasteiger partial charge in [-0.15, -0.1) is 0 Å². The van der Waals surface area contributed by atoms with Crippen LogP contribution in [-0.2, 0) is 19.9 Å². The van der Waals surface area contributed by atoms with Gasteiger partial charge < -0.3 is 9.47 Å². The zero-order chi connectivity index (χ0) is 11.1. The average Bonchev–Trinajstić information content (AvgIpc) is 2.38. The minimum absolute atomic E-state index is 0.335. The van der Waals surface area contributed by atoms with Crippen molar-refractivity contribution in [2.45, 2.75) is 32.2 Å². The van der Waals surface area contributed by atoms with Crippen LogP contribution in [0.15, 0.2) is 30.3 Å². The summed E-state index contributed by atoms with van der Waals surface area (Å²) in [6, 6.07) is 9.38. The Morgan fingerprint density at radius 2 is 1.67 bits per heavy atom. The van der Waals surface area contributed by atoms with Gasteiger partial charge in [0.15, 0.2) is 5.60 Å². The standard InChI is InChI=1S/C12H14O3/c1-11(2)14-10(13)12(3,15-11)9-7-5-4-6-8-9/h4-8H,1-3H3. The summed E-state index contributed by atoms with van der Waals surface area (Å²) in [6.07, 6.45) is 0. The van der Waals surface area contributed by atoms with Gasteiger partial charge in [-0.2, -0.15) is 0 Å². The Bertz CT molecular complexity index is 383. The van der Waals surface area contributed by atoms with E-state index in [1.165, 1.54) is 0 Å². The summed E-state index contributed by atoms with van der Waals surface area (Å²) in [7, 11) is 0. The number of hydrogen-bond acceptors (Lipinski definition) is 3. The fourth-order valence-electron chi connectivity index (χ4n) is 1.81. The zero-order valence-corrected chi connectivity index (χ0v) is 9.11. The predicted octanol–water partition coefficient (Wildman–Crippen LogP) is 2.21. The van der Waals surface area contributed by atoms with Crippen molar-refractivity contribution in [1.29, 1.82) is 0 Å². The molecule has 0 bridgehead atoms. The molecule has 0 amide bonds. The highest BCUT2D eigenvalue weighted by Gasteiger charge is 2.51. The van der Waals surface area contributed by atoms with Crippen molar-refractivity contribution in [2.24, 2.45) is 0 Å². The largest absolute Gasteiger partial charge is 0.431 e. The molecule has 1 aliphatic heterocycles. The first-order valence-electron chi connectivity index (χ1n) is 4.93. The number of carbonyl (C=O) groups excluding carboxylic acids is 1. The maximum atomic E-state index is 11.8. The lowest BCUT2D eigenvalue weighted by Crippen LogP contribution is -2.30. The van der Waals surface area contributed by atoms with Crippen LogP contribution in [0.2, 0.25) is 0 Å². The van der Waals surface area contributed by atoms with Crippen LogP contribution >= 0.6 is 0 Å². The summed E-state index contributed by atoms with van der Waals surface area (Å²) in [5, 5.41) is 0. The molecule has 0 N–H and O–H groups in total. The maximum absolute atomic E-state index is 11.8. The number of hydrogen-bond donors (Lipinski definition) is 0. The zero-order valence-electron chi connectivity index (χ0n) is 9.11. The van der Waals surface area contributed by atoms with Gasteiger partial charge in [-0.05, 0) is 12.5 Å². The third kappa shape index (κ3) is 1.63. The van der Waals surface area contributed by atoms with E-state index >= 15 is 0 Å². The summed E-state index contributed by atoms with van der Waals surface area (Å²) in [4.78, 5) is 11.8. The Kier molecular flexibility index (Phi) is 2.08. The van der Waals surface area contributed by atoms with Gasteiger partial charge in [0.1, 0.15) is 0 Å². The van der Waals surface area contributed by atoms with Gasteiger partial charge in [0, 0.05) is 13.8 Å². The van der Waals surface area contributed by atoms with E-state index in [4.69, 9.17) is 9.47 Å². The van der Waals surface area contributed by atoms with Gasteiger partial charge in [-0.1, -0.05) is 30.3 Å². The molecule has 3 nitrogen and oxygen atoms in total. The Morgan fingerprint density at radius 1 is 1.07 bits per heavy atom. The molecule has 1 aromatic carbocycles. The van der Waals surface area contributed by atoms with Gasteiger partial charge in [0.05, 0.1) is 0 Å². The van der Waals surface area contributed by atoms with Crippen LogP contribution < -0.4 is 0 Å². The quantitative estimate of drug-likeness (QED) is 0.661. The Labute approximate surface area is 89.0 Å². The molecule has 1 aromatic rings. The van der Waals surface area contributed by atoms with E-state index in [1.54, 1.807) is 20.8 Å². The highest BCUT2D eigenvalue weighted by molar-refractivity contribution is 5.82. The van der Waals surface area contributed by atoms with Crippen LogP contribution in [0.3, 0.4) is 0 Å². The highest BCUT2D eigenvalue weighted by atomic mass is 16.8. The van der Waals surface area contributed by atoms with Crippen LogP contribution in [-0.4, -0.2) is 11.8 Å². The molecule has 15 heavy (non-hydrogen) atoms. The van der Waals surface area contributed by atoms with Crippen LogP contribution in [0.1, 0.15) is 26.3 Å². The average molecular weight is 206 g/mol. The van der Waals surface area contributed by atoms with Crippen molar-refractivity contribution in [1.82, 2.24) is 0 Å². The van der Waals surface area contributed by atoms with E-state index in [1.807, 2.05) is 30.3 Å². The molecule has 80 valence electrons. The smallest absolute Gasteiger partial charge is 0.345 e. The van der Waals surface area contributed by atoms with Crippen LogP contribution in [0, 0.1) is 0 Å². The molecule has 3 heteroatoms. The molecule has 0 radical (unpaired) electrons. The lowest BCUT2D eigenvalue weighted by atomic mass is 9.96. The van der Waals surface area contributed by atoms with Crippen LogP contribution in [0.25, 0.3) is 0 Å². The molecule has 1 unspecified atom stereocenters. The molecule has 1 heterocycles. The monoisotopic (exact) mass is 206 g/mol. The summed E-state index contributed by atoms with van der Waals surface area (Å²) >= 11 is 0. The molecule has 1 saturated heterocycles. The van der Waals surface area contributed by atoms with Crippen molar-refractivity contribution in [3.05, 3.63) is 35.9 Å². The molecule has 0 aliphatic carbocycles. The van der Waals surface area contributed by atoms with Gasteiger partial charge in [-0.3, -0.25) is 0 Å².